The summed E-state index contributed by atoms with van der Waals surface area (Å²) in [5, 5.41) is 0. The molecule has 1 aromatic rings. The summed E-state index contributed by atoms with van der Waals surface area (Å²) in [4.78, 5) is 0. The number of benzene rings is 1. The van der Waals surface area contributed by atoms with Crippen molar-refractivity contribution in [1.82, 2.24) is 0 Å². The van der Waals surface area contributed by atoms with E-state index >= 15 is 0 Å². The monoisotopic (exact) mass is 260 g/mol. The summed E-state index contributed by atoms with van der Waals surface area (Å²) in [6.45, 7) is 0.996. The number of hydrogen-bond donors (Lipinski definition) is 0. The predicted molar refractivity (Wildman–Crippen MR) is 76.5 cm³/mol. The second-order valence-electron chi connectivity index (χ2n) is 5.97. The van der Waals surface area contributed by atoms with E-state index in [0.29, 0.717) is 6.10 Å². The predicted octanol–water partition coefficient (Wildman–Crippen LogP) is 3.83. The first-order valence-corrected chi connectivity index (χ1v) is 7.61. The zero-order valence-electron chi connectivity index (χ0n) is 11.8. The van der Waals surface area contributed by atoms with Crippen molar-refractivity contribution in [2.24, 2.45) is 11.8 Å². The summed E-state index contributed by atoms with van der Waals surface area (Å²) in [7, 11) is 1.71. The third kappa shape index (κ3) is 2.94. The first-order chi connectivity index (χ1) is 9.36. The number of methoxy groups -OCH3 is 1. The summed E-state index contributed by atoms with van der Waals surface area (Å²) in [5.41, 5.74) is 1.42. The van der Waals surface area contributed by atoms with E-state index in [0.717, 1.165) is 24.2 Å². The number of ether oxygens (including phenoxy) is 2. The molecule has 1 saturated heterocycles. The van der Waals surface area contributed by atoms with Crippen molar-refractivity contribution in [3.05, 3.63) is 29.8 Å². The van der Waals surface area contributed by atoms with Crippen molar-refractivity contribution in [3.63, 3.8) is 0 Å². The van der Waals surface area contributed by atoms with Gasteiger partial charge in [-0.1, -0.05) is 12.1 Å². The van der Waals surface area contributed by atoms with Gasteiger partial charge in [-0.2, -0.15) is 0 Å². The van der Waals surface area contributed by atoms with Crippen molar-refractivity contribution in [2.75, 3.05) is 13.7 Å². The highest BCUT2D eigenvalue weighted by Crippen LogP contribution is 2.44. The first kappa shape index (κ1) is 13.0. The Bertz CT molecular complexity index is 398. The van der Waals surface area contributed by atoms with E-state index in [9.17, 15) is 0 Å². The topological polar surface area (TPSA) is 18.5 Å². The van der Waals surface area contributed by atoms with Gasteiger partial charge in [0.2, 0.25) is 0 Å². The lowest BCUT2D eigenvalue weighted by Crippen LogP contribution is -2.46. The Morgan fingerprint density at radius 2 is 2.11 bits per heavy atom. The normalized spacial score (nSPS) is 29.4. The molecule has 104 valence electrons. The molecular formula is C17H24O2. The Morgan fingerprint density at radius 3 is 2.84 bits per heavy atom. The minimum atomic E-state index is 0.601. The van der Waals surface area contributed by atoms with Crippen LogP contribution in [0.3, 0.4) is 0 Å². The van der Waals surface area contributed by atoms with Gasteiger partial charge in [-0.25, -0.2) is 0 Å². The van der Waals surface area contributed by atoms with Crippen molar-refractivity contribution < 1.29 is 9.47 Å². The zero-order valence-corrected chi connectivity index (χ0v) is 11.8. The van der Waals surface area contributed by atoms with Gasteiger partial charge in [-0.3, -0.25) is 0 Å². The fourth-order valence-electron chi connectivity index (χ4n) is 3.61. The van der Waals surface area contributed by atoms with Crippen LogP contribution in [0.4, 0.5) is 0 Å². The lowest BCUT2D eigenvalue weighted by atomic mass is 9.67. The van der Waals surface area contributed by atoms with Crippen LogP contribution in [0.1, 0.15) is 37.7 Å². The van der Waals surface area contributed by atoms with Crippen LogP contribution in [-0.4, -0.2) is 19.8 Å². The van der Waals surface area contributed by atoms with E-state index in [2.05, 4.69) is 24.3 Å². The maximum atomic E-state index is 5.91. The molecule has 19 heavy (non-hydrogen) atoms. The van der Waals surface area contributed by atoms with Gasteiger partial charge in [-0.05, 0) is 68.1 Å². The minimum absolute atomic E-state index is 0.601. The van der Waals surface area contributed by atoms with Gasteiger partial charge in [0.05, 0.1) is 13.2 Å². The third-order valence-electron chi connectivity index (χ3n) is 4.76. The summed E-state index contributed by atoms with van der Waals surface area (Å²) in [5.74, 6) is 2.67. The molecule has 0 aromatic heterocycles. The van der Waals surface area contributed by atoms with Crippen LogP contribution in [0.2, 0.25) is 0 Å². The van der Waals surface area contributed by atoms with E-state index in [1.807, 2.05) is 0 Å². The summed E-state index contributed by atoms with van der Waals surface area (Å²) < 4.78 is 11.1. The van der Waals surface area contributed by atoms with E-state index < -0.39 is 0 Å². The molecule has 0 bridgehead atoms. The molecule has 3 atom stereocenters. The van der Waals surface area contributed by atoms with Gasteiger partial charge < -0.3 is 9.47 Å². The molecule has 0 amide bonds. The van der Waals surface area contributed by atoms with Crippen LogP contribution in [0.15, 0.2) is 24.3 Å². The molecule has 2 nitrogen and oxygen atoms in total. The Morgan fingerprint density at radius 1 is 1.26 bits per heavy atom. The molecule has 1 saturated carbocycles. The summed E-state index contributed by atoms with van der Waals surface area (Å²) in [6.07, 6.45) is 8.48. The SMILES string of the molecule is COc1ccc(CCCC2CC3CCCOC32)cc1. The maximum absolute atomic E-state index is 5.91. The molecule has 2 fully saturated rings. The first-order valence-electron chi connectivity index (χ1n) is 7.61. The summed E-state index contributed by atoms with van der Waals surface area (Å²) in [6, 6.07) is 8.47. The molecule has 0 spiro atoms. The zero-order chi connectivity index (χ0) is 13.1. The average molecular weight is 260 g/mol. The van der Waals surface area contributed by atoms with E-state index in [1.165, 1.54) is 44.1 Å². The molecule has 2 aliphatic rings. The Labute approximate surface area is 116 Å². The second-order valence-corrected chi connectivity index (χ2v) is 5.97. The molecule has 1 heterocycles. The molecule has 1 aromatic carbocycles. The molecule has 1 aliphatic carbocycles. The van der Waals surface area contributed by atoms with Gasteiger partial charge in [0.25, 0.3) is 0 Å². The molecular weight excluding hydrogens is 236 g/mol. The van der Waals surface area contributed by atoms with Crippen LogP contribution >= 0.6 is 0 Å². The number of rotatable bonds is 5. The van der Waals surface area contributed by atoms with Gasteiger partial charge in [0, 0.05) is 6.61 Å². The number of aryl methyl sites for hydroxylation is 1. The fraction of sp³-hybridized carbons (Fsp3) is 0.647. The van der Waals surface area contributed by atoms with Crippen molar-refractivity contribution >= 4 is 0 Å². The molecule has 3 unspecified atom stereocenters. The van der Waals surface area contributed by atoms with Crippen LogP contribution in [0.25, 0.3) is 0 Å². The number of fused-ring (bicyclic) bond motifs is 1. The average Bonchev–Trinajstić information content (AvgIpc) is 2.44. The molecule has 3 rings (SSSR count). The Hall–Kier alpha value is -1.02. The molecule has 2 heteroatoms. The highest BCUT2D eigenvalue weighted by atomic mass is 16.5. The van der Waals surface area contributed by atoms with E-state index in [-0.39, 0.29) is 0 Å². The lowest BCUT2D eigenvalue weighted by Gasteiger charge is -2.47. The second kappa shape index (κ2) is 5.96. The van der Waals surface area contributed by atoms with Crippen molar-refractivity contribution in [2.45, 2.75) is 44.6 Å². The molecule has 0 radical (unpaired) electrons. The standard InChI is InChI=1S/C17H24O2/c1-18-16-9-7-13(8-10-16)4-2-5-14-12-15-6-3-11-19-17(14)15/h7-10,14-15,17H,2-6,11-12H2,1H3. The van der Waals surface area contributed by atoms with Crippen LogP contribution in [0.5, 0.6) is 5.75 Å². The van der Waals surface area contributed by atoms with Crippen molar-refractivity contribution in [1.29, 1.82) is 0 Å². The summed E-state index contributed by atoms with van der Waals surface area (Å²) >= 11 is 0. The van der Waals surface area contributed by atoms with Gasteiger partial charge in [-0.15, -0.1) is 0 Å². The van der Waals surface area contributed by atoms with Gasteiger partial charge in [0.15, 0.2) is 0 Å². The van der Waals surface area contributed by atoms with Crippen LogP contribution < -0.4 is 4.74 Å². The largest absolute Gasteiger partial charge is 0.497 e. The van der Waals surface area contributed by atoms with Crippen LogP contribution in [-0.2, 0) is 11.2 Å². The Kier molecular flexibility index (Phi) is 4.07. The highest BCUT2D eigenvalue weighted by molar-refractivity contribution is 5.27. The van der Waals surface area contributed by atoms with E-state index in [1.54, 1.807) is 7.11 Å². The quantitative estimate of drug-likeness (QED) is 0.801. The van der Waals surface area contributed by atoms with Gasteiger partial charge in [0.1, 0.15) is 5.75 Å². The minimum Gasteiger partial charge on any atom is -0.497 e. The van der Waals surface area contributed by atoms with Crippen molar-refractivity contribution in [3.8, 4) is 5.75 Å². The smallest absolute Gasteiger partial charge is 0.118 e. The fourth-order valence-corrected chi connectivity index (χ4v) is 3.61. The van der Waals surface area contributed by atoms with Crippen LogP contribution in [0, 0.1) is 11.8 Å². The third-order valence-corrected chi connectivity index (χ3v) is 4.76. The maximum Gasteiger partial charge on any atom is 0.118 e. The Balaban J connectivity index is 1.40. The highest BCUT2D eigenvalue weighted by Gasteiger charge is 2.42. The molecule has 1 aliphatic heterocycles. The van der Waals surface area contributed by atoms with E-state index in [4.69, 9.17) is 9.47 Å². The number of hydrogen-bond acceptors (Lipinski definition) is 2. The lowest BCUT2D eigenvalue weighted by molar-refractivity contribution is -0.129. The molecule has 0 N–H and O–H groups in total. The van der Waals surface area contributed by atoms with Gasteiger partial charge >= 0.3 is 0 Å².